The van der Waals surface area contributed by atoms with E-state index in [4.69, 9.17) is 10.6 Å². The van der Waals surface area contributed by atoms with E-state index >= 15 is 0 Å². The fourth-order valence-corrected chi connectivity index (χ4v) is 4.03. The summed E-state index contributed by atoms with van der Waals surface area (Å²) in [5.74, 6) is 6.08. The largest absolute Gasteiger partial charge is 0.486 e. The fraction of sp³-hybridized carbons (Fsp3) is 0.300. The Bertz CT molecular complexity index is 1030. The van der Waals surface area contributed by atoms with Crippen molar-refractivity contribution in [2.24, 2.45) is 0 Å². The summed E-state index contributed by atoms with van der Waals surface area (Å²) in [6.45, 7) is 2.67. The van der Waals surface area contributed by atoms with E-state index in [1.165, 1.54) is 33.8 Å². The molecule has 0 unspecified atom stereocenters. The Morgan fingerprint density at radius 1 is 1.28 bits per heavy atom. The van der Waals surface area contributed by atoms with Crippen LogP contribution in [-0.4, -0.2) is 50.4 Å². The summed E-state index contributed by atoms with van der Waals surface area (Å²) in [7, 11) is 0. The normalized spacial score (nSPS) is 10.7. The predicted molar refractivity (Wildman–Crippen MR) is 120 cm³/mol. The van der Waals surface area contributed by atoms with Gasteiger partial charge in [0, 0.05) is 11.4 Å². The number of hydrogen-bond acceptors (Lipinski definition) is 8. The highest BCUT2D eigenvalue weighted by molar-refractivity contribution is 7.99. The number of thiophene rings is 1. The molecule has 0 atom stereocenters. The molecule has 9 nitrogen and oxygen atoms in total. The van der Waals surface area contributed by atoms with E-state index in [0.29, 0.717) is 29.8 Å². The molecule has 0 saturated heterocycles. The van der Waals surface area contributed by atoms with Crippen LogP contribution >= 0.6 is 23.1 Å². The maximum atomic E-state index is 13.0. The maximum Gasteiger partial charge on any atom is 0.239 e. The van der Waals surface area contributed by atoms with Crippen molar-refractivity contribution < 1.29 is 18.7 Å². The second kappa shape index (κ2) is 11.5. The summed E-state index contributed by atoms with van der Waals surface area (Å²) in [5, 5.41) is 13.0. The van der Waals surface area contributed by atoms with E-state index in [-0.39, 0.29) is 36.5 Å². The predicted octanol–water partition coefficient (Wildman–Crippen LogP) is 2.03. The lowest BCUT2D eigenvalue weighted by atomic mass is 10.3. The number of nitrogens with one attached hydrogen (secondary N) is 1. The number of ether oxygens (including phenoxy) is 1. The van der Waals surface area contributed by atoms with E-state index in [0.717, 1.165) is 16.6 Å². The third kappa shape index (κ3) is 6.69. The van der Waals surface area contributed by atoms with Crippen molar-refractivity contribution in [2.75, 3.05) is 24.7 Å². The number of amides is 2. The number of nitrogen functional groups attached to an aromatic ring is 1. The first-order chi connectivity index (χ1) is 15.5. The Balaban J connectivity index is 1.46. The number of nitrogens with two attached hydrogens (primary N) is 1. The lowest BCUT2D eigenvalue weighted by Crippen LogP contribution is -2.41. The molecule has 2 amide bonds. The molecule has 170 valence electrons. The Morgan fingerprint density at radius 2 is 2.06 bits per heavy atom. The second-order valence-corrected chi connectivity index (χ2v) is 8.54. The summed E-state index contributed by atoms with van der Waals surface area (Å²) in [6, 6.07) is 9.43. The highest BCUT2D eigenvalue weighted by atomic mass is 32.2. The molecule has 0 aliphatic heterocycles. The number of carbonyl (C=O) groups is 2. The zero-order valence-electron chi connectivity index (χ0n) is 17.4. The van der Waals surface area contributed by atoms with Gasteiger partial charge in [0.2, 0.25) is 17.0 Å². The van der Waals surface area contributed by atoms with Gasteiger partial charge in [-0.2, -0.15) is 0 Å². The number of halogens is 1. The number of likely N-dealkylation sites (N-methyl/N-ethyl adjacent to an activating group) is 1. The maximum absolute atomic E-state index is 13.0. The van der Waals surface area contributed by atoms with Gasteiger partial charge >= 0.3 is 0 Å². The molecule has 2 heterocycles. The summed E-state index contributed by atoms with van der Waals surface area (Å²) in [6.07, 6.45) is 0. The molecule has 3 rings (SSSR count). The highest BCUT2D eigenvalue weighted by Crippen LogP contribution is 2.17. The second-order valence-electron chi connectivity index (χ2n) is 6.56. The first-order valence-electron chi connectivity index (χ1n) is 9.73. The van der Waals surface area contributed by atoms with Crippen molar-refractivity contribution in [3.63, 3.8) is 0 Å². The molecule has 0 aliphatic carbocycles. The van der Waals surface area contributed by atoms with Gasteiger partial charge in [0.05, 0.1) is 18.8 Å². The zero-order chi connectivity index (χ0) is 22.9. The van der Waals surface area contributed by atoms with Crippen molar-refractivity contribution in [1.29, 1.82) is 0 Å². The number of carbonyl (C=O) groups excluding carboxylic acids is 2. The average molecular weight is 479 g/mol. The molecular formula is C20H23FN6O3S2. The fourth-order valence-electron chi connectivity index (χ4n) is 2.60. The molecule has 0 spiro atoms. The van der Waals surface area contributed by atoms with Crippen LogP contribution in [0.2, 0.25) is 0 Å². The van der Waals surface area contributed by atoms with E-state index in [9.17, 15) is 14.0 Å². The molecule has 32 heavy (non-hydrogen) atoms. The lowest BCUT2D eigenvalue weighted by molar-refractivity contribution is -0.133. The minimum Gasteiger partial charge on any atom is -0.486 e. The van der Waals surface area contributed by atoms with Crippen LogP contribution < -0.4 is 15.9 Å². The van der Waals surface area contributed by atoms with Gasteiger partial charge in [-0.1, -0.05) is 17.8 Å². The van der Waals surface area contributed by atoms with Crippen molar-refractivity contribution in [3.8, 4) is 5.75 Å². The van der Waals surface area contributed by atoms with Crippen molar-refractivity contribution in [2.45, 2.75) is 25.2 Å². The molecule has 1 aromatic carbocycles. The van der Waals surface area contributed by atoms with Crippen molar-refractivity contribution in [1.82, 2.24) is 25.1 Å². The van der Waals surface area contributed by atoms with Gasteiger partial charge in [0.1, 0.15) is 18.2 Å². The molecule has 0 aliphatic rings. The van der Waals surface area contributed by atoms with Gasteiger partial charge in [0.25, 0.3) is 0 Å². The van der Waals surface area contributed by atoms with Crippen molar-refractivity contribution >= 4 is 34.9 Å². The Hall–Kier alpha value is -3.12. The number of rotatable bonds is 11. The first-order valence-corrected chi connectivity index (χ1v) is 11.6. The quantitative estimate of drug-likeness (QED) is 0.320. The molecule has 0 saturated carbocycles. The Labute approximate surface area is 192 Å². The Morgan fingerprint density at radius 3 is 2.75 bits per heavy atom. The Kier molecular flexibility index (Phi) is 8.45. The van der Waals surface area contributed by atoms with Gasteiger partial charge in [-0.05, 0) is 42.6 Å². The van der Waals surface area contributed by atoms with E-state index in [1.54, 1.807) is 11.3 Å². The van der Waals surface area contributed by atoms with Crippen LogP contribution in [0.1, 0.15) is 17.6 Å². The smallest absolute Gasteiger partial charge is 0.239 e. The third-order valence-electron chi connectivity index (χ3n) is 4.35. The third-order valence-corrected chi connectivity index (χ3v) is 6.15. The number of thioether (sulfide) groups is 1. The highest BCUT2D eigenvalue weighted by Gasteiger charge is 2.18. The standard InChI is InChI=1S/C20H23FN6O3S2/c1-2-26(11-18(28)23-10-16-4-3-9-31-16)19(29)13-32-20-25-24-17(27(20)22)12-30-15-7-5-14(21)6-8-15/h3-9H,2,10-13,22H2,1H3,(H,23,28). The number of hydrogen-bond donors (Lipinski definition) is 2. The SMILES string of the molecule is CCN(CC(=O)NCc1cccs1)C(=O)CSc1nnc(COc2ccc(F)cc2)n1N. The molecule has 3 aromatic rings. The lowest BCUT2D eigenvalue weighted by Gasteiger charge is -2.20. The summed E-state index contributed by atoms with van der Waals surface area (Å²) < 4.78 is 19.7. The molecule has 0 fully saturated rings. The van der Waals surface area contributed by atoms with Crippen LogP contribution in [0.5, 0.6) is 5.75 Å². The zero-order valence-corrected chi connectivity index (χ0v) is 19.0. The van der Waals surface area contributed by atoms with Crippen LogP contribution in [-0.2, 0) is 22.7 Å². The van der Waals surface area contributed by atoms with Crippen LogP contribution in [0.25, 0.3) is 0 Å². The van der Waals surface area contributed by atoms with Crippen LogP contribution in [0, 0.1) is 5.82 Å². The minimum atomic E-state index is -0.358. The summed E-state index contributed by atoms with van der Waals surface area (Å²) >= 11 is 2.68. The number of benzene rings is 1. The topological polar surface area (TPSA) is 115 Å². The average Bonchev–Trinajstić information content (AvgIpc) is 3.44. The number of aromatic nitrogens is 3. The summed E-state index contributed by atoms with van der Waals surface area (Å²) in [4.78, 5) is 27.2. The molecule has 3 N–H and O–H groups in total. The van der Waals surface area contributed by atoms with E-state index in [2.05, 4.69) is 15.5 Å². The number of nitrogens with zero attached hydrogens (tertiary/aromatic N) is 4. The molecule has 0 bridgehead atoms. The van der Waals surface area contributed by atoms with E-state index in [1.807, 2.05) is 24.4 Å². The first kappa shape index (κ1) is 23.5. The monoisotopic (exact) mass is 478 g/mol. The van der Waals surface area contributed by atoms with Crippen LogP contribution in [0.3, 0.4) is 0 Å². The van der Waals surface area contributed by atoms with Crippen LogP contribution in [0.15, 0.2) is 46.9 Å². The van der Waals surface area contributed by atoms with Crippen molar-refractivity contribution in [3.05, 3.63) is 58.3 Å². The van der Waals surface area contributed by atoms with Gasteiger partial charge in [-0.15, -0.1) is 21.5 Å². The molecular weight excluding hydrogens is 455 g/mol. The van der Waals surface area contributed by atoms with Gasteiger partial charge in [0.15, 0.2) is 5.82 Å². The minimum absolute atomic E-state index is 0.0205. The molecule has 0 radical (unpaired) electrons. The van der Waals surface area contributed by atoms with Gasteiger partial charge in [-0.3, -0.25) is 9.59 Å². The van der Waals surface area contributed by atoms with Gasteiger partial charge in [-0.25, -0.2) is 9.07 Å². The van der Waals surface area contributed by atoms with Crippen LogP contribution in [0.4, 0.5) is 4.39 Å². The van der Waals surface area contributed by atoms with Gasteiger partial charge < -0.3 is 20.8 Å². The summed E-state index contributed by atoms with van der Waals surface area (Å²) in [5.41, 5.74) is 0. The molecule has 12 heteroatoms. The molecule has 2 aromatic heterocycles. The van der Waals surface area contributed by atoms with E-state index < -0.39 is 0 Å².